The molecule has 3 amide bonds. The molecule has 6 nitrogen and oxygen atoms in total. The third-order valence-electron chi connectivity index (χ3n) is 4.11. The van der Waals surface area contributed by atoms with E-state index in [0.29, 0.717) is 12.0 Å². The van der Waals surface area contributed by atoms with Gasteiger partial charge in [0.1, 0.15) is 6.04 Å². The van der Waals surface area contributed by atoms with Crippen LogP contribution in [-0.2, 0) is 9.59 Å². The molecule has 0 aromatic heterocycles. The monoisotopic (exact) mass is 355 g/mol. The molecule has 1 atom stereocenters. The average molecular weight is 355 g/mol. The zero-order valence-corrected chi connectivity index (χ0v) is 15.6. The topological polar surface area (TPSA) is 78.5 Å². The fourth-order valence-electron chi connectivity index (χ4n) is 3.18. The molecule has 1 saturated heterocycles. The molecule has 2 aromatic rings. The Labute approximate surface area is 153 Å². The summed E-state index contributed by atoms with van der Waals surface area (Å²) in [6, 6.07) is 10.6. The van der Waals surface area contributed by atoms with Crippen molar-refractivity contribution in [2.45, 2.75) is 32.7 Å². The van der Waals surface area contributed by atoms with Gasteiger partial charge in [-0.2, -0.15) is 0 Å². The first-order chi connectivity index (χ1) is 12.6. The minimum absolute atomic E-state index is 0.170. The minimum Gasteiger partial charge on any atom is -0.323 e. The zero-order valence-electron chi connectivity index (χ0n) is 15.6. The maximum Gasteiger partial charge on any atom is 0.259 e. The summed E-state index contributed by atoms with van der Waals surface area (Å²) in [4.78, 5) is 37.6. The molecule has 26 heavy (non-hydrogen) atoms. The van der Waals surface area contributed by atoms with Gasteiger partial charge in [-0.3, -0.25) is 24.6 Å². The van der Waals surface area contributed by atoms with Gasteiger partial charge >= 0.3 is 0 Å². The van der Waals surface area contributed by atoms with Crippen LogP contribution in [0.1, 0.15) is 37.0 Å². The van der Waals surface area contributed by atoms with E-state index in [9.17, 15) is 14.4 Å². The van der Waals surface area contributed by atoms with Crippen molar-refractivity contribution in [3.05, 3.63) is 42.0 Å². The molecule has 0 radical (unpaired) electrons. The van der Waals surface area contributed by atoms with Crippen LogP contribution in [0.25, 0.3) is 10.8 Å². The van der Waals surface area contributed by atoms with E-state index in [1.54, 1.807) is 6.07 Å². The van der Waals surface area contributed by atoms with Crippen LogP contribution in [0.15, 0.2) is 36.4 Å². The van der Waals surface area contributed by atoms with Crippen LogP contribution in [0.5, 0.6) is 0 Å². The second kappa shape index (κ2) is 8.58. The van der Waals surface area contributed by atoms with Crippen molar-refractivity contribution in [1.82, 2.24) is 10.6 Å². The summed E-state index contributed by atoms with van der Waals surface area (Å²) in [5, 5.41) is 6.93. The highest BCUT2D eigenvalue weighted by molar-refractivity contribution is 6.27. The first-order valence-corrected chi connectivity index (χ1v) is 8.86. The molecule has 138 valence electrons. The molecule has 1 fully saturated rings. The lowest BCUT2D eigenvalue weighted by Gasteiger charge is -2.30. The number of amides is 3. The summed E-state index contributed by atoms with van der Waals surface area (Å²) < 4.78 is 0. The molecule has 1 unspecified atom stereocenters. The van der Waals surface area contributed by atoms with Gasteiger partial charge in [-0.1, -0.05) is 38.1 Å². The van der Waals surface area contributed by atoms with E-state index in [2.05, 4.69) is 10.6 Å². The van der Waals surface area contributed by atoms with Crippen molar-refractivity contribution in [1.29, 1.82) is 0 Å². The lowest BCUT2D eigenvalue weighted by Crippen LogP contribution is -2.53. The molecule has 2 aromatic carbocycles. The number of anilines is 1. The number of piperidine rings is 1. The number of hydrogen-bond acceptors (Lipinski definition) is 4. The van der Waals surface area contributed by atoms with Gasteiger partial charge in [0.05, 0.1) is 5.69 Å². The second-order valence-electron chi connectivity index (χ2n) is 5.82. The van der Waals surface area contributed by atoms with E-state index in [1.165, 1.54) is 4.90 Å². The Hall–Kier alpha value is -2.73. The maximum absolute atomic E-state index is 12.7. The van der Waals surface area contributed by atoms with Crippen molar-refractivity contribution in [2.75, 3.05) is 19.0 Å². The Morgan fingerprint density at radius 2 is 1.65 bits per heavy atom. The highest BCUT2D eigenvalue weighted by atomic mass is 16.2. The number of carbonyl (C=O) groups is 3. The first kappa shape index (κ1) is 19.6. The lowest BCUT2D eigenvalue weighted by atomic mass is 10.0. The van der Waals surface area contributed by atoms with Gasteiger partial charge in [0.15, 0.2) is 0 Å². The van der Waals surface area contributed by atoms with Gasteiger partial charge in [0, 0.05) is 17.4 Å². The van der Waals surface area contributed by atoms with E-state index >= 15 is 0 Å². The van der Waals surface area contributed by atoms with Crippen LogP contribution in [0.2, 0.25) is 0 Å². The Morgan fingerprint density at radius 3 is 2.27 bits per heavy atom. The van der Waals surface area contributed by atoms with E-state index in [1.807, 2.05) is 58.3 Å². The summed E-state index contributed by atoms with van der Waals surface area (Å²) in [7, 11) is 3.75. The minimum atomic E-state index is -0.617. The van der Waals surface area contributed by atoms with Crippen molar-refractivity contribution >= 4 is 34.2 Å². The number of hydrogen-bond donors (Lipinski definition) is 2. The molecule has 0 aliphatic carbocycles. The van der Waals surface area contributed by atoms with Crippen LogP contribution in [0.3, 0.4) is 0 Å². The number of imide groups is 1. The quantitative estimate of drug-likeness (QED) is 0.770. The molecule has 2 N–H and O–H groups in total. The average Bonchev–Trinajstić information content (AvgIpc) is 2.92. The number of benzene rings is 2. The zero-order chi connectivity index (χ0) is 19.3. The molecular formula is C20H25N3O3. The Bertz CT molecular complexity index is 827. The molecule has 2 aliphatic heterocycles. The van der Waals surface area contributed by atoms with Crippen molar-refractivity contribution < 1.29 is 14.4 Å². The highest BCUT2D eigenvalue weighted by Crippen LogP contribution is 2.39. The molecule has 6 heteroatoms. The van der Waals surface area contributed by atoms with E-state index in [-0.39, 0.29) is 18.2 Å². The first-order valence-electron chi connectivity index (χ1n) is 8.86. The van der Waals surface area contributed by atoms with E-state index in [0.717, 1.165) is 16.5 Å². The smallest absolute Gasteiger partial charge is 0.259 e. The summed E-state index contributed by atoms with van der Waals surface area (Å²) in [5.41, 5.74) is 1.37. The maximum atomic E-state index is 12.7. The number of nitrogens with one attached hydrogen (secondary N) is 2. The van der Waals surface area contributed by atoms with Gasteiger partial charge in [-0.25, -0.2) is 0 Å². The summed E-state index contributed by atoms with van der Waals surface area (Å²) >= 11 is 0. The summed E-state index contributed by atoms with van der Waals surface area (Å²) in [6.07, 6.45) is 0.618. The van der Waals surface area contributed by atoms with Crippen LogP contribution in [0, 0.1) is 0 Å². The Morgan fingerprint density at radius 1 is 1.04 bits per heavy atom. The van der Waals surface area contributed by atoms with Crippen LogP contribution in [-0.4, -0.2) is 37.9 Å². The largest absolute Gasteiger partial charge is 0.323 e. The van der Waals surface area contributed by atoms with Crippen LogP contribution < -0.4 is 15.5 Å². The lowest BCUT2D eigenvalue weighted by molar-refractivity contribution is -0.134. The van der Waals surface area contributed by atoms with E-state index in [4.69, 9.17) is 0 Å². The molecule has 2 aliphatic rings. The van der Waals surface area contributed by atoms with Gasteiger partial charge < -0.3 is 5.32 Å². The van der Waals surface area contributed by atoms with Gasteiger partial charge in [-0.15, -0.1) is 0 Å². The predicted octanol–water partition coefficient (Wildman–Crippen LogP) is 2.47. The number of nitrogens with zero attached hydrogens (tertiary/aromatic N) is 1. The fraction of sp³-hybridized carbons (Fsp3) is 0.350. The standard InChI is InChI=1S/C16H12N2O3.C2H7N.C2H6/c19-13-8-7-12(15(20)17-13)18-11-6-2-4-9-3-1-5-10(14(9)11)16(18)21;1-3-2;1-2/h1-6,12H,7-8H2,(H,17,19,20);3H,1-2H3;1-2H3. The molecular weight excluding hydrogens is 330 g/mol. The van der Waals surface area contributed by atoms with E-state index < -0.39 is 11.9 Å². The Kier molecular flexibility index (Phi) is 6.46. The van der Waals surface area contributed by atoms with Gasteiger partial charge in [0.2, 0.25) is 11.8 Å². The molecule has 4 rings (SSSR count). The number of rotatable bonds is 1. The third kappa shape index (κ3) is 3.46. The van der Waals surface area contributed by atoms with Crippen molar-refractivity contribution in [3.63, 3.8) is 0 Å². The Balaban J connectivity index is 0.000000444. The van der Waals surface area contributed by atoms with Crippen molar-refractivity contribution in [3.8, 4) is 0 Å². The van der Waals surface area contributed by atoms with Crippen LogP contribution >= 0.6 is 0 Å². The highest BCUT2D eigenvalue weighted by Gasteiger charge is 2.40. The van der Waals surface area contributed by atoms with Crippen LogP contribution in [0.4, 0.5) is 5.69 Å². The predicted molar refractivity (Wildman–Crippen MR) is 103 cm³/mol. The molecule has 0 saturated carbocycles. The SMILES string of the molecule is CC.CNC.O=C1CCC(N2C(=O)c3cccc4cccc2c34)C(=O)N1. The van der Waals surface area contributed by atoms with Gasteiger partial charge in [-0.05, 0) is 38.0 Å². The number of carbonyl (C=O) groups excluding carboxylic acids is 3. The summed E-state index contributed by atoms with van der Waals surface area (Å²) in [6.45, 7) is 4.00. The van der Waals surface area contributed by atoms with Gasteiger partial charge in [0.25, 0.3) is 5.91 Å². The molecule has 2 heterocycles. The summed E-state index contributed by atoms with van der Waals surface area (Å²) in [5.74, 6) is -0.848. The van der Waals surface area contributed by atoms with Crippen molar-refractivity contribution in [2.24, 2.45) is 0 Å². The molecule has 0 bridgehead atoms. The second-order valence-corrected chi connectivity index (χ2v) is 5.82. The third-order valence-corrected chi connectivity index (χ3v) is 4.11. The normalized spacial score (nSPS) is 17.9. The fourth-order valence-corrected chi connectivity index (χ4v) is 3.18. The molecule has 0 spiro atoms.